The van der Waals surface area contributed by atoms with Gasteiger partial charge in [0, 0.05) is 13.0 Å². The van der Waals surface area contributed by atoms with Crippen molar-refractivity contribution in [3.63, 3.8) is 0 Å². The Balaban J connectivity index is 1.59. The molecule has 0 spiro atoms. The molecule has 3 N–H and O–H groups in total. The molecule has 1 heterocycles. The largest absolute Gasteiger partial charge is 0.493 e. The van der Waals surface area contributed by atoms with E-state index in [4.69, 9.17) is 10.5 Å². The van der Waals surface area contributed by atoms with Gasteiger partial charge in [-0.3, -0.25) is 0 Å². The highest BCUT2D eigenvalue weighted by Crippen LogP contribution is 2.26. The molecule has 0 radical (unpaired) electrons. The van der Waals surface area contributed by atoms with Crippen molar-refractivity contribution in [3.8, 4) is 5.75 Å². The zero-order valence-corrected chi connectivity index (χ0v) is 10.9. The fraction of sp³-hybridized carbons (Fsp3) is 0.250. The third-order valence-electron chi connectivity index (χ3n) is 3.44. The van der Waals surface area contributed by atoms with Crippen LogP contribution in [0.1, 0.15) is 11.1 Å². The van der Waals surface area contributed by atoms with Crippen molar-refractivity contribution in [1.82, 2.24) is 0 Å². The van der Waals surface area contributed by atoms with Gasteiger partial charge in [0.1, 0.15) is 5.75 Å². The van der Waals surface area contributed by atoms with E-state index in [1.54, 1.807) is 0 Å². The molecule has 0 saturated heterocycles. The van der Waals surface area contributed by atoms with Crippen molar-refractivity contribution in [1.29, 1.82) is 0 Å². The highest BCUT2D eigenvalue weighted by Gasteiger charge is 2.11. The van der Waals surface area contributed by atoms with Crippen LogP contribution in [0.25, 0.3) is 0 Å². The molecule has 3 nitrogen and oxygen atoms in total. The van der Waals surface area contributed by atoms with Crippen LogP contribution in [0.15, 0.2) is 42.5 Å². The molecule has 0 saturated carbocycles. The number of nitrogens with one attached hydrogen (secondary N) is 1. The van der Waals surface area contributed by atoms with Crippen molar-refractivity contribution in [2.45, 2.75) is 12.8 Å². The standard InChI is InChI=1S/C16H18N2O/c17-14-3-1-2-4-15(14)18-9-7-12-5-6-16-13(11-12)8-10-19-16/h1-6,11,18H,7-10,17H2. The van der Waals surface area contributed by atoms with Gasteiger partial charge in [-0.25, -0.2) is 0 Å². The minimum atomic E-state index is 0.796. The highest BCUT2D eigenvalue weighted by atomic mass is 16.5. The summed E-state index contributed by atoms with van der Waals surface area (Å²) >= 11 is 0. The molecule has 2 aromatic carbocycles. The number of fused-ring (bicyclic) bond motifs is 1. The first kappa shape index (κ1) is 11.9. The van der Waals surface area contributed by atoms with E-state index in [1.807, 2.05) is 24.3 Å². The first-order valence-corrected chi connectivity index (χ1v) is 6.66. The lowest BCUT2D eigenvalue weighted by molar-refractivity contribution is 0.357. The summed E-state index contributed by atoms with van der Waals surface area (Å²) in [6.45, 7) is 1.70. The summed E-state index contributed by atoms with van der Waals surface area (Å²) < 4.78 is 5.51. The zero-order valence-electron chi connectivity index (χ0n) is 10.9. The van der Waals surface area contributed by atoms with Crippen molar-refractivity contribution in [2.24, 2.45) is 0 Å². The number of nitrogens with two attached hydrogens (primary N) is 1. The fourth-order valence-electron chi connectivity index (χ4n) is 2.39. The van der Waals surface area contributed by atoms with E-state index in [2.05, 4.69) is 23.5 Å². The Bertz CT molecular complexity index is 581. The first-order chi connectivity index (χ1) is 9.33. The molecule has 2 aromatic rings. The molecule has 3 rings (SSSR count). The molecule has 0 atom stereocenters. The molecule has 0 amide bonds. The van der Waals surface area contributed by atoms with Gasteiger partial charge in [-0.05, 0) is 35.7 Å². The number of rotatable bonds is 4. The molecular formula is C16H18N2O. The molecule has 0 bridgehead atoms. The Labute approximate surface area is 113 Å². The van der Waals surface area contributed by atoms with E-state index >= 15 is 0 Å². The van der Waals surface area contributed by atoms with Crippen LogP contribution in [-0.4, -0.2) is 13.2 Å². The van der Waals surface area contributed by atoms with Gasteiger partial charge < -0.3 is 15.8 Å². The number of anilines is 2. The summed E-state index contributed by atoms with van der Waals surface area (Å²) in [4.78, 5) is 0. The average molecular weight is 254 g/mol. The van der Waals surface area contributed by atoms with Crippen LogP contribution in [0, 0.1) is 0 Å². The van der Waals surface area contributed by atoms with Crippen molar-refractivity contribution >= 4 is 11.4 Å². The minimum absolute atomic E-state index is 0.796. The molecule has 1 aliphatic rings. The van der Waals surface area contributed by atoms with Gasteiger partial charge in [-0.1, -0.05) is 24.3 Å². The zero-order chi connectivity index (χ0) is 13.1. The number of hydrogen-bond donors (Lipinski definition) is 2. The Morgan fingerprint density at radius 2 is 2.05 bits per heavy atom. The second kappa shape index (κ2) is 5.22. The first-order valence-electron chi connectivity index (χ1n) is 6.66. The van der Waals surface area contributed by atoms with Gasteiger partial charge in [0.15, 0.2) is 0 Å². The maximum absolute atomic E-state index is 5.89. The van der Waals surface area contributed by atoms with Crippen molar-refractivity contribution in [2.75, 3.05) is 24.2 Å². The van der Waals surface area contributed by atoms with Crippen LogP contribution in [0.4, 0.5) is 11.4 Å². The quantitative estimate of drug-likeness (QED) is 0.825. The molecule has 0 fully saturated rings. The van der Waals surface area contributed by atoms with Gasteiger partial charge in [-0.2, -0.15) is 0 Å². The van der Waals surface area contributed by atoms with Crippen LogP contribution in [0.3, 0.4) is 0 Å². The smallest absolute Gasteiger partial charge is 0.122 e. The molecule has 3 heteroatoms. The SMILES string of the molecule is Nc1ccccc1NCCc1ccc2c(c1)CCO2. The molecule has 98 valence electrons. The lowest BCUT2D eigenvalue weighted by atomic mass is 10.1. The van der Waals surface area contributed by atoms with Gasteiger partial charge in [0.05, 0.1) is 18.0 Å². The van der Waals surface area contributed by atoms with Gasteiger partial charge in [-0.15, -0.1) is 0 Å². The van der Waals surface area contributed by atoms with Crippen LogP contribution in [0.5, 0.6) is 5.75 Å². The van der Waals surface area contributed by atoms with Gasteiger partial charge in [0.2, 0.25) is 0 Å². The van der Waals surface area contributed by atoms with E-state index in [0.717, 1.165) is 43.1 Å². The normalized spacial score (nSPS) is 12.8. The lowest BCUT2D eigenvalue weighted by Crippen LogP contribution is -2.06. The summed E-state index contributed by atoms with van der Waals surface area (Å²) in [6, 6.07) is 14.3. The second-order valence-corrected chi connectivity index (χ2v) is 4.80. The minimum Gasteiger partial charge on any atom is -0.493 e. The molecule has 0 aliphatic carbocycles. The average Bonchev–Trinajstić information content (AvgIpc) is 2.88. The van der Waals surface area contributed by atoms with E-state index in [0.29, 0.717) is 0 Å². The summed E-state index contributed by atoms with van der Waals surface area (Å²) in [7, 11) is 0. The fourth-order valence-corrected chi connectivity index (χ4v) is 2.39. The van der Waals surface area contributed by atoms with E-state index < -0.39 is 0 Å². The topological polar surface area (TPSA) is 47.3 Å². The number of benzene rings is 2. The summed E-state index contributed by atoms with van der Waals surface area (Å²) in [5.41, 5.74) is 10.4. The molecule has 19 heavy (non-hydrogen) atoms. The molecular weight excluding hydrogens is 236 g/mol. The Morgan fingerprint density at radius 3 is 2.95 bits per heavy atom. The maximum atomic E-state index is 5.89. The van der Waals surface area contributed by atoms with E-state index in [9.17, 15) is 0 Å². The Morgan fingerprint density at radius 1 is 1.16 bits per heavy atom. The molecule has 1 aliphatic heterocycles. The molecule has 0 unspecified atom stereocenters. The Kier molecular flexibility index (Phi) is 3.27. The van der Waals surface area contributed by atoms with Gasteiger partial charge in [0.25, 0.3) is 0 Å². The predicted octanol–water partition coefficient (Wildman–Crippen LogP) is 2.86. The summed E-state index contributed by atoms with van der Waals surface area (Å²) in [6.07, 6.45) is 2.02. The third kappa shape index (κ3) is 2.65. The van der Waals surface area contributed by atoms with Crippen molar-refractivity contribution < 1.29 is 4.74 Å². The Hall–Kier alpha value is -2.16. The molecule has 0 aromatic heterocycles. The van der Waals surface area contributed by atoms with Gasteiger partial charge >= 0.3 is 0 Å². The van der Waals surface area contributed by atoms with E-state index in [1.165, 1.54) is 11.1 Å². The van der Waals surface area contributed by atoms with Crippen LogP contribution in [0.2, 0.25) is 0 Å². The summed E-state index contributed by atoms with van der Waals surface area (Å²) in [5, 5.41) is 3.37. The maximum Gasteiger partial charge on any atom is 0.122 e. The predicted molar refractivity (Wildman–Crippen MR) is 78.7 cm³/mol. The van der Waals surface area contributed by atoms with E-state index in [-0.39, 0.29) is 0 Å². The monoisotopic (exact) mass is 254 g/mol. The lowest BCUT2D eigenvalue weighted by Gasteiger charge is -2.09. The second-order valence-electron chi connectivity index (χ2n) is 4.80. The number of hydrogen-bond acceptors (Lipinski definition) is 3. The third-order valence-corrected chi connectivity index (χ3v) is 3.44. The number of para-hydroxylation sites is 2. The summed E-state index contributed by atoms with van der Waals surface area (Å²) in [5.74, 6) is 1.05. The van der Waals surface area contributed by atoms with Crippen molar-refractivity contribution in [3.05, 3.63) is 53.6 Å². The highest BCUT2D eigenvalue weighted by molar-refractivity contribution is 5.65. The van der Waals surface area contributed by atoms with Crippen LogP contribution < -0.4 is 15.8 Å². The van der Waals surface area contributed by atoms with Crippen LogP contribution >= 0.6 is 0 Å². The number of nitrogen functional groups attached to an aromatic ring is 1. The number of ether oxygens (including phenoxy) is 1. The van der Waals surface area contributed by atoms with Crippen LogP contribution in [-0.2, 0) is 12.8 Å².